The van der Waals surface area contributed by atoms with Gasteiger partial charge in [0, 0.05) is 11.3 Å². The van der Waals surface area contributed by atoms with Crippen molar-refractivity contribution < 1.29 is 17.9 Å². The summed E-state index contributed by atoms with van der Waals surface area (Å²) in [5.41, 5.74) is 11.1. The lowest BCUT2D eigenvalue weighted by molar-refractivity contribution is 0.0977. The number of hydrogen-bond acceptors (Lipinski definition) is 5. The first-order valence-corrected chi connectivity index (χ1v) is 10.9. The Bertz CT molecular complexity index is 1030. The van der Waals surface area contributed by atoms with Crippen molar-refractivity contribution in [3.8, 4) is 5.75 Å². The van der Waals surface area contributed by atoms with Gasteiger partial charge in [-0.25, -0.2) is 0 Å². The van der Waals surface area contributed by atoms with Crippen molar-refractivity contribution in [1.82, 2.24) is 5.32 Å². The van der Waals surface area contributed by atoms with Crippen LogP contribution in [0.4, 0.5) is 5.69 Å². The Morgan fingerprint density at radius 1 is 1.17 bits per heavy atom. The Hall–Kier alpha value is -3.18. The van der Waals surface area contributed by atoms with Gasteiger partial charge in [0.25, 0.3) is 15.9 Å². The molecule has 2 aromatic carbocycles. The van der Waals surface area contributed by atoms with Gasteiger partial charge in [0.2, 0.25) is 5.96 Å². The van der Waals surface area contributed by atoms with Crippen LogP contribution >= 0.6 is 12.2 Å². The SMILES string of the molecule is CCCCOc1cccc(C(=O)NC(=S)Nc2ccc(S(=O)(=O)N=C(N)N)cc2)c1. The van der Waals surface area contributed by atoms with Crippen molar-refractivity contribution in [2.24, 2.45) is 15.9 Å². The summed E-state index contributed by atoms with van der Waals surface area (Å²) < 4.78 is 32.7. The van der Waals surface area contributed by atoms with E-state index in [1.807, 2.05) is 0 Å². The molecule has 30 heavy (non-hydrogen) atoms. The molecule has 0 saturated heterocycles. The highest BCUT2D eigenvalue weighted by Gasteiger charge is 2.13. The number of unbranched alkanes of at least 4 members (excludes halogenated alkanes) is 1. The third-order valence-corrected chi connectivity index (χ3v) is 5.25. The van der Waals surface area contributed by atoms with Crippen LogP contribution in [0.25, 0.3) is 0 Å². The average Bonchev–Trinajstić information content (AvgIpc) is 2.68. The molecular weight excluding hydrogens is 426 g/mol. The highest BCUT2D eigenvalue weighted by atomic mass is 32.2. The van der Waals surface area contributed by atoms with Gasteiger partial charge in [0.15, 0.2) is 5.11 Å². The summed E-state index contributed by atoms with van der Waals surface area (Å²) in [5, 5.41) is 5.42. The number of anilines is 1. The highest BCUT2D eigenvalue weighted by molar-refractivity contribution is 7.90. The van der Waals surface area contributed by atoms with E-state index in [-0.39, 0.29) is 10.0 Å². The van der Waals surface area contributed by atoms with Gasteiger partial charge in [0.1, 0.15) is 5.75 Å². The summed E-state index contributed by atoms with van der Waals surface area (Å²) in [6.45, 7) is 2.65. The molecule has 0 unspecified atom stereocenters. The third-order valence-electron chi connectivity index (χ3n) is 3.73. The molecule has 160 valence electrons. The van der Waals surface area contributed by atoms with Crippen molar-refractivity contribution in [3.05, 3.63) is 54.1 Å². The first-order valence-electron chi connectivity index (χ1n) is 9.02. The van der Waals surface area contributed by atoms with Crippen molar-refractivity contribution >= 4 is 44.9 Å². The van der Waals surface area contributed by atoms with E-state index >= 15 is 0 Å². The molecule has 0 saturated carbocycles. The molecule has 9 nitrogen and oxygen atoms in total. The molecule has 0 radical (unpaired) electrons. The van der Waals surface area contributed by atoms with Crippen molar-refractivity contribution in [2.75, 3.05) is 11.9 Å². The molecule has 0 heterocycles. The van der Waals surface area contributed by atoms with Crippen molar-refractivity contribution in [3.63, 3.8) is 0 Å². The smallest absolute Gasteiger partial charge is 0.285 e. The Morgan fingerprint density at radius 3 is 2.50 bits per heavy atom. The quantitative estimate of drug-likeness (QED) is 0.207. The van der Waals surface area contributed by atoms with Gasteiger partial charge >= 0.3 is 0 Å². The lowest BCUT2D eigenvalue weighted by Gasteiger charge is -2.11. The molecular formula is C19H23N5O4S2. The van der Waals surface area contributed by atoms with Crippen LogP contribution in [0.1, 0.15) is 30.1 Å². The summed E-state index contributed by atoms with van der Waals surface area (Å²) in [5.74, 6) is -0.353. The number of nitrogens with zero attached hydrogens (tertiary/aromatic N) is 1. The van der Waals surface area contributed by atoms with E-state index in [4.69, 9.17) is 28.4 Å². The van der Waals surface area contributed by atoms with Gasteiger partial charge in [-0.3, -0.25) is 10.1 Å². The van der Waals surface area contributed by atoms with Gasteiger partial charge in [-0.05, 0) is 61.1 Å². The van der Waals surface area contributed by atoms with E-state index in [9.17, 15) is 13.2 Å². The normalized spacial score (nSPS) is 10.7. The summed E-state index contributed by atoms with van der Waals surface area (Å²) >= 11 is 5.15. The van der Waals surface area contributed by atoms with Crippen LogP contribution in [-0.2, 0) is 10.0 Å². The number of rotatable bonds is 8. The molecule has 0 spiro atoms. The fourth-order valence-electron chi connectivity index (χ4n) is 2.30. The minimum Gasteiger partial charge on any atom is -0.494 e. The molecule has 0 aliphatic carbocycles. The second-order valence-electron chi connectivity index (χ2n) is 6.15. The predicted molar refractivity (Wildman–Crippen MR) is 120 cm³/mol. The van der Waals surface area contributed by atoms with Crippen LogP contribution in [0.15, 0.2) is 57.8 Å². The van der Waals surface area contributed by atoms with Gasteiger partial charge in [-0.1, -0.05) is 19.4 Å². The van der Waals surface area contributed by atoms with Crippen molar-refractivity contribution in [1.29, 1.82) is 0 Å². The molecule has 0 bridgehead atoms. The topological polar surface area (TPSA) is 149 Å². The maximum absolute atomic E-state index is 12.4. The van der Waals surface area contributed by atoms with E-state index in [1.165, 1.54) is 24.3 Å². The Kier molecular flexibility index (Phi) is 8.13. The first-order chi connectivity index (χ1) is 14.2. The van der Waals surface area contributed by atoms with Crippen LogP contribution in [0.3, 0.4) is 0 Å². The molecule has 6 N–H and O–H groups in total. The molecule has 2 rings (SSSR count). The zero-order valence-corrected chi connectivity index (χ0v) is 17.9. The van der Waals surface area contributed by atoms with E-state index < -0.39 is 21.9 Å². The van der Waals surface area contributed by atoms with Gasteiger partial charge in [-0.15, -0.1) is 4.40 Å². The fourth-order valence-corrected chi connectivity index (χ4v) is 3.37. The maximum Gasteiger partial charge on any atom is 0.285 e. The molecule has 0 fully saturated rings. The molecule has 0 aromatic heterocycles. The van der Waals surface area contributed by atoms with Crippen LogP contribution in [0, 0.1) is 0 Å². The summed E-state index contributed by atoms with van der Waals surface area (Å²) in [6, 6.07) is 12.3. The van der Waals surface area contributed by atoms with Gasteiger partial charge in [0.05, 0.1) is 11.5 Å². The van der Waals surface area contributed by atoms with Gasteiger partial charge < -0.3 is 21.5 Å². The second kappa shape index (κ2) is 10.6. The second-order valence-corrected chi connectivity index (χ2v) is 8.17. The maximum atomic E-state index is 12.4. The number of carbonyl (C=O) groups excluding carboxylic acids is 1. The molecule has 0 atom stereocenters. The average molecular weight is 450 g/mol. The summed E-state index contributed by atoms with van der Waals surface area (Å²) in [6.07, 6.45) is 1.94. The van der Waals surface area contributed by atoms with E-state index in [0.29, 0.717) is 23.6 Å². The lowest BCUT2D eigenvalue weighted by atomic mass is 10.2. The monoisotopic (exact) mass is 449 g/mol. The van der Waals surface area contributed by atoms with Crippen molar-refractivity contribution in [2.45, 2.75) is 24.7 Å². The number of hydrogen-bond donors (Lipinski definition) is 4. The fraction of sp³-hybridized carbons (Fsp3) is 0.211. The van der Waals surface area contributed by atoms with E-state index in [2.05, 4.69) is 22.0 Å². The standard InChI is InChI=1S/C19H23N5O4S2/c1-2-3-11-28-15-6-4-5-13(12-15)17(25)23-19(29)22-14-7-9-16(10-8-14)30(26,27)24-18(20)21/h4-10,12H,2-3,11H2,1H3,(H4,20,21,24)(H2,22,23,25,29). The van der Waals surface area contributed by atoms with Crippen LogP contribution in [0.5, 0.6) is 5.75 Å². The number of carbonyl (C=O) groups is 1. The minimum absolute atomic E-state index is 0.0529. The largest absolute Gasteiger partial charge is 0.494 e. The highest BCUT2D eigenvalue weighted by Crippen LogP contribution is 2.17. The summed E-state index contributed by atoms with van der Waals surface area (Å²) in [4.78, 5) is 12.3. The Balaban J connectivity index is 1.98. The third kappa shape index (κ3) is 7.01. The number of thiocarbonyl (C=S) groups is 1. The number of benzene rings is 2. The lowest BCUT2D eigenvalue weighted by Crippen LogP contribution is -2.34. The van der Waals surface area contributed by atoms with Crippen LogP contribution < -0.4 is 26.8 Å². The number of amides is 1. The van der Waals surface area contributed by atoms with E-state index in [1.54, 1.807) is 24.3 Å². The Morgan fingerprint density at radius 2 is 1.87 bits per heavy atom. The number of sulfonamides is 1. The van der Waals surface area contributed by atoms with Crippen LogP contribution in [-0.4, -0.2) is 32.0 Å². The first kappa shape index (κ1) is 23.1. The molecule has 0 aliphatic heterocycles. The van der Waals surface area contributed by atoms with Crippen LogP contribution in [0.2, 0.25) is 0 Å². The molecule has 1 amide bonds. The van der Waals surface area contributed by atoms with Gasteiger partial charge in [-0.2, -0.15) is 8.42 Å². The zero-order valence-electron chi connectivity index (χ0n) is 16.3. The van der Waals surface area contributed by atoms with E-state index in [0.717, 1.165) is 12.8 Å². The zero-order chi connectivity index (χ0) is 22.1. The number of nitrogens with two attached hydrogens (primary N) is 2. The minimum atomic E-state index is -3.98. The summed E-state index contributed by atoms with van der Waals surface area (Å²) in [7, 11) is -3.98. The number of nitrogens with one attached hydrogen (secondary N) is 2. The number of ether oxygens (including phenoxy) is 1. The number of guanidine groups is 1. The predicted octanol–water partition coefficient (Wildman–Crippen LogP) is 1.95. The molecule has 0 aliphatic rings. The Labute approximate surface area is 180 Å². The molecule has 11 heteroatoms. The molecule has 2 aromatic rings.